The monoisotopic (exact) mass is 264 g/mol. The van der Waals surface area contributed by atoms with Crippen molar-refractivity contribution in [3.63, 3.8) is 0 Å². The van der Waals surface area contributed by atoms with E-state index in [1.165, 1.54) is 0 Å². The molecule has 0 amide bonds. The molecule has 6 nitrogen and oxygen atoms in total. The van der Waals surface area contributed by atoms with Gasteiger partial charge in [0.2, 0.25) is 0 Å². The van der Waals surface area contributed by atoms with Gasteiger partial charge in [-0.1, -0.05) is 0 Å². The van der Waals surface area contributed by atoms with Gasteiger partial charge in [-0.25, -0.2) is 13.2 Å². The minimum atomic E-state index is -3.81. The maximum atomic E-state index is 11.4. The highest BCUT2D eigenvalue weighted by atomic mass is 32.2. The van der Waals surface area contributed by atoms with Gasteiger partial charge in [-0.15, -0.1) is 0 Å². The number of sulfone groups is 1. The molecule has 98 valence electrons. The van der Waals surface area contributed by atoms with Gasteiger partial charge in [0, 0.05) is 11.5 Å². The third-order valence-electron chi connectivity index (χ3n) is 1.35. The largest absolute Gasteiger partial charge is 0.466 e. The second kappa shape index (κ2) is 5.81. The zero-order chi connectivity index (χ0) is 13.7. The predicted octanol–water partition coefficient (Wildman–Crippen LogP) is 0.430. The average molecular weight is 264 g/mol. The lowest BCUT2D eigenvalue weighted by Gasteiger charge is -2.18. The second-order valence-corrected chi connectivity index (χ2v) is 6.11. The molecule has 7 heteroatoms. The van der Waals surface area contributed by atoms with E-state index in [1.807, 2.05) is 0 Å². The van der Waals surface area contributed by atoms with Crippen molar-refractivity contribution >= 4 is 21.8 Å². The first-order valence-electron chi connectivity index (χ1n) is 4.76. The van der Waals surface area contributed by atoms with Crippen molar-refractivity contribution in [1.82, 2.24) is 0 Å². The van der Waals surface area contributed by atoms with Crippen molar-refractivity contribution in [2.75, 3.05) is 12.9 Å². The Kier molecular flexibility index (Phi) is 5.34. The van der Waals surface area contributed by atoms with Crippen LogP contribution in [-0.4, -0.2) is 38.8 Å². The van der Waals surface area contributed by atoms with Crippen molar-refractivity contribution in [2.45, 2.75) is 26.4 Å². The zero-order valence-corrected chi connectivity index (χ0v) is 11.0. The van der Waals surface area contributed by atoms with Gasteiger partial charge in [-0.05, 0) is 20.8 Å². The van der Waals surface area contributed by atoms with Crippen molar-refractivity contribution in [2.24, 2.45) is 0 Å². The first-order chi connectivity index (χ1) is 7.56. The van der Waals surface area contributed by atoms with E-state index in [2.05, 4.69) is 4.74 Å². The molecule has 0 saturated carbocycles. The Labute approximate surface area is 101 Å². The summed E-state index contributed by atoms with van der Waals surface area (Å²) >= 11 is 0. The maximum absolute atomic E-state index is 11.4. The number of rotatable bonds is 4. The van der Waals surface area contributed by atoms with Gasteiger partial charge in [0.1, 0.15) is 5.60 Å². The fourth-order valence-electron chi connectivity index (χ4n) is 0.811. The fourth-order valence-corrected chi connectivity index (χ4v) is 1.61. The third kappa shape index (κ3) is 8.44. The lowest BCUT2D eigenvalue weighted by atomic mass is 10.2. The number of esters is 2. The van der Waals surface area contributed by atoms with Crippen LogP contribution >= 0.6 is 0 Å². The molecule has 0 N–H and O–H groups in total. The maximum Gasteiger partial charge on any atom is 0.331 e. The quantitative estimate of drug-likeness (QED) is 0.540. The van der Waals surface area contributed by atoms with E-state index in [0.29, 0.717) is 5.41 Å². The first kappa shape index (κ1) is 15.6. The molecule has 0 bridgehead atoms. The highest BCUT2D eigenvalue weighted by Gasteiger charge is 2.21. The number of hydrogen-bond acceptors (Lipinski definition) is 6. The Hall–Kier alpha value is -1.37. The lowest BCUT2D eigenvalue weighted by molar-refractivity contribution is -0.151. The molecule has 0 heterocycles. The molecule has 0 aliphatic carbocycles. The molecular weight excluding hydrogens is 248 g/mol. The van der Waals surface area contributed by atoms with E-state index < -0.39 is 33.1 Å². The summed E-state index contributed by atoms with van der Waals surface area (Å²) in [7, 11) is -2.70. The van der Waals surface area contributed by atoms with E-state index in [-0.39, 0.29) is 0 Å². The van der Waals surface area contributed by atoms with Crippen LogP contribution in [0.5, 0.6) is 0 Å². The number of methoxy groups -OCH3 is 1. The predicted molar refractivity (Wildman–Crippen MR) is 60.8 cm³/mol. The Morgan fingerprint density at radius 1 is 1.24 bits per heavy atom. The molecule has 0 fully saturated rings. The van der Waals surface area contributed by atoms with Gasteiger partial charge in [-0.2, -0.15) is 0 Å². The molecule has 0 saturated heterocycles. The molecule has 0 spiro atoms. The zero-order valence-electron chi connectivity index (χ0n) is 10.2. The molecular formula is C10H16O6S. The number of carbonyl (C=O) groups excluding carboxylic acids is 2. The number of carbonyl (C=O) groups is 2. The van der Waals surface area contributed by atoms with Crippen LogP contribution in [0, 0.1) is 0 Å². The van der Waals surface area contributed by atoms with Crippen molar-refractivity contribution < 1.29 is 27.5 Å². The second-order valence-electron chi connectivity index (χ2n) is 4.22. The number of hydrogen-bond donors (Lipinski definition) is 0. The molecule has 0 unspecified atom stereocenters. The smallest absolute Gasteiger partial charge is 0.331 e. The Morgan fingerprint density at radius 3 is 2.18 bits per heavy atom. The van der Waals surface area contributed by atoms with Gasteiger partial charge in [0.05, 0.1) is 7.11 Å². The van der Waals surface area contributed by atoms with E-state index in [9.17, 15) is 18.0 Å². The van der Waals surface area contributed by atoms with Crippen molar-refractivity contribution in [3.8, 4) is 0 Å². The van der Waals surface area contributed by atoms with Gasteiger partial charge in [0.15, 0.2) is 15.6 Å². The van der Waals surface area contributed by atoms with Gasteiger partial charge >= 0.3 is 11.9 Å². The topological polar surface area (TPSA) is 86.7 Å². The molecule has 0 aromatic rings. The van der Waals surface area contributed by atoms with E-state index >= 15 is 0 Å². The summed E-state index contributed by atoms with van der Waals surface area (Å²) < 4.78 is 31.8. The molecule has 0 rings (SSSR count). The van der Waals surface area contributed by atoms with Crippen molar-refractivity contribution in [1.29, 1.82) is 0 Å². The standard InChI is InChI=1S/C10H16O6S/c1-10(2,3)16-9(12)7-17(13,14)6-5-8(11)15-4/h5-6H,7H2,1-4H3/b6-5+. The summed E-state index contributed by atoms with van der Waals surface area (Å²) in [5.74, 6) is -2.48. The highest BCUT2D eigenvalue weighted by Crippen LogP contribution is 2.08. The molecule has 0 radical (unpaired) electrons. The van der Waals surface area contributed by atoms with Gasteiger partial charge in [-0.3, -0.25) is 4.79 Å². The van der Waals surface area contributed by atoms with Crippen LogP contribution in [-0.2, 0) is 28.9 Å². The third-order valence-corrected chi connectivity index (χ3v) is 2.54. The van der Waals surface area contributed by atoms with Crippen LogP contribution in [0.15, 0.2) is 11.5 Å². The normalized spacial score (nSPS) is 12.5. The minimum Gasteiger partial charge on any atom is -0.466 e. The van der Waals surface area contributed by atoms with Gasteiger partial charge < -0.3 is 9.47 Å². The van der Waals surface area contributed by atoms with Crippen LogP contribution in [0.4, 0.5) is 0 Å². The fraction of sp³-hybridized carbons (Fsp3) is 0.600. The van der Waals surface area contributed by atoms with Crippen LogP contribution in [0.1, 0.15) is 20.8 Å². The Morgan fingerprint density at radius 2 is 1.76 bits per heavy atom. The molecule has 0 aromatic heterocycles. The summed E-state index contributed by atoms with van der Waals surface area (Å²) in [6, 6.07) is 0. The van der Waals surface area contributed by atoms with Crippen LogP contribution in [0.25, 0.3) is 0 Å². The summed E-state index contributed by atoms with van der Waals surface area (Å²) in [6.45, 7) is 4.88. The van der Waals surface area contributed by atoms with Crippen molar-refractivity contribution in [3.05, 3.63) is 11.5 Å². The Balaban J connectivity index is 4.52. The van der Waals surface area contributed by atoms with E-state index in [4.69, 9.17) is 4.74 Å². The van der Waals surface area contributed by atoms with Crippen LogP contribution in [0.3, 0.4) is 0 Å². The molecule has 17 heavy (non-hydrogen) atoms. The first-order valence-corrected chi connectivity index (χ1v) is 6.48. The van der Waals surface area contributed by atoms with E-state index in [1.54, 1.807) is 20.8 Å². The molecule has 0 aliphatic rings. The molecule has 0 aliphatic heterocycles. The SMILES string of the molecule is COC(=O)/C=C/S(=O)(=O)CC(=O)OC(C)(C)C. The average Bonchev–Trinajstić information content (AvgIpc) is 2.10. The van der Waals surface area contributed by atoms with Crippen LogP contribution < -0.4 is 0 Å². The minimum absolute atomic E-state index is 0.628. The lowest BCUT2D eigenvalue weighted by Crippen LogP contribution is -2.28. The summed E-state index contributed by atoms with van der Waals surface area (Å²) in [5, 5.41) is 0.628. The highest BCUT2D eigenvalue weighted by molar-refractivity contribution is 7.94. The number of ether oxygens (including phenoxy) is 2. The molecule has 0 aromatic carbocycles. The Bertz CT molecular complexity index is 413. The summed E-state index contributed by atoms with van der Waals surface area (Å²) in [4.78, 5) is 21.9. The van der Waals surface area contributed by atoms with Crippen LogP contribution in [0.2, 0.25) is 0 Å². The summed E-state index contributed by atoms with van der Waals surface area (Å²) in [5.41, 5.74) is -0.751. The summed E-state index contributed by atoms with van der Waals surface area (Å²) in [6.07, 6.45) is 0.736. The molecule has 0 atom stereocenters. The van der Waals surface area contributed by atoms with E-state index in [0.717, 1.165) is 13.2 Å². The van der Waals surface area contributed by atoms with Gasteiger partial charge in [0.25, 0.3) is 0 Å².